The first kappa shape index (κ1) is 14.0. The van der Waals surface area contributed by atoms with E-state index < -0.39 is 15.1 Å². The van der Waals surface area contributed by atoms with E-state index in [-0.39, 0.29) is 17.5 Å². The van der Waals surface area contributed by atoms with Gasteiger partial charge in [-0.2, -0.15) is 4.98 Å². The van der Waals surface area contributed by atoms with Crippen molar-refractivity contribution in [2.75, 3.05) is 6.26 Å². The van der Waals surface area contributed by atoms with Crippen molar-refractivity contribution in [2.24, 2.45) is 0 Å². The molecule has 2 rings (SSSR count). The zero-order chi connectivity index (χ0) is 14.2. The smallest absolute Gasteiger partial charge is 0.261 e. The van der Waals surface area contributed by atoms with Crippen LogP contribution in [0.1, 0.15) is 18.0 Å². The van der Waals surface area contributed by atoms with Gasteiger partial charge in [0.25, 0.3) is 5.89 Å². The van der Waals surface area contributed by atoms with E-state index in [0.717, 1.165) is 6.26 Å². The van der Waals surface area contributed by atoms with Gasteiger partial charge in [0, 0.05) is 10.7 Å². The summed E-state index contributed by atoms with van der Waals surface area (Å²) in [5.41, 5.74) is 0.350. The average Bonchev–Trinajstić information content (AvgIpc) is 2.75. The molecule has 0 amide bonds. The Labute approximate surface area is 118 Å². The fourth-order valence-electron chi connectivity index (χ4n) is 1.39. The third-order valence-corrected chi connectivity index (χ3v) is 4.63. The fraction of sp³-hybridized carbons (Fsp3) is 0.273. The monoisotopic (exact) mass is 346 g/mol. The highest BCUT2D eigenvalue weighted by Crippen LogP contribution is 2.31. The highest BCUT2D eigenvalue weighted by atomic mass is 79.9. The predicted octanol–water partition coefficient (Wildman–Crippen LogP) is 2.31. The lowest BCUT2D eigenvalue weighted by atomic mass is 10.2. The van der Waals surface area contributed by atoms with Gasteiger partial charge in [0.05, 0.1) is 5.56 Å². The molecule has 2 aromatic rings. The molecule has 19 heavy (non-hydrogen) atoms. The molecule has 6 nitrogen and oxygen atoms in total. The standard InChI is InChI=1S/C11H11BrN2O4S/c1-6(19(2,16)17)10-13-11(18-14-10)8-4-3-7(12)5-9(8)15/h3-6,15H,1-2H3. The van der Waals surface area contributed by atoms with Crippen molar-refractivity contribution in [3.8, 4) is 17.2 Å². The molecule has 0 fully saturated rings. The van der Waals surface area contributed by atoms with E-state index in [0.29, 0.717) is 10.0 Å². The van der Waals surface area contributed by atoms with Gasteiger partial charge in [-0.3, -0.25) is 0 Å². The van der Waals surface area contributed by atoms with Crippen LogP contribution in [-0.2, 0) is 9.84 Å². The first-order valence-electron chi connectivity index (χ1n) is 5.30. The molecule has 1 N–H and O–H groups in total. The van der Waals surface area contributed by atoms with E-state index in [9.17, 15) is 13.5 Å². The summed E-state index contributed by atoms with van der Waals surface area (Å²) >= 11 is 3.22. The van der Waals surface area contributed by atoms with E-state index in [1.165, 1.54) is 13.0 Å². The van der Waals surface area contributed by atoms with Crippen molar-refractivity contribution in [3.05, 3.63) is 28.5 Å². The van der Waals surface area contributed by atoms with Gasteiger partial charge in [-0.1, -0.05) is 21.1 Å². The van der Waals surface area contributed by atoms with Crippen LogP contribution < -0.4 is 0 Å². The van der Waals surface area contributed by atoms with E-state index in [1.807, 2.05) is 0 Å². The molecule has 1 heterocycles. The van der Waals surface area contributed by atoms with Gasteiger partial charge in [0.2, 0.25) is 0 Å². The van der Waals surface area contributed by atoms with Crippen LogP contribution in [0.15, 0.2) is 27.2 Å². The summed E-state index contributed by atoms with van der Waals surface area (Å²) in [6, 6.07) is 4.79. The fourth-order valence-corrected chi connectivity index (χ4v) is 2.21. The molecule has 102 valence electrons. The van der Waals surface area contributed by atoms with Crippen molar-refractivity contribution < 1.29 is 18.0 Å². The Balaban J connectivity index is 2.41. The zero-order valence-electron chi connectivity index (χ0n) is 10.2. The summed E-state index contributed by atoms with van der Waals surface area (Å²) in [4.78, 5) is 4.01. The van der Waals surface area contributed by atoms with Gasteiger partial charge >= 0.3 is 0 Å². The minimum atomic E-state index is -3.30. The molecule has 0 aliphatic rings. The van der Waals surface area contributed by atoms with Crippen molar-refractivity contribution in [3.63, 3.8) is 0 Å². The second-order valence-electron chi connectivity index (χ2n) is 4.09. The average molecular weight is 347 g/mol. The number of hydrogen-bond acceptors (Lipinski definition) is 6. The Morgan fingerprint density at radius 3 is 2.68 bits per heavy atom. The maximum atomic E-state index is 11.4. The molecular formula is C11H11BrN2O4S. The van der Waals surface area contributed by atoms with Crippen LogP contribution in [0, 0.1) is 0 Å². The molecule has 1 unspecified atom stereocenters. The Hall–Kier alpha value is -1.41. The minimum absolute atomic E-state index is 0.0309. The number of halogens is 1. The summed E-state index contributed by atoms with van der Waals surface area (Å²) in [5.74, 6) is 0.118. The Morgan fingerprint density at radius 1 is 1.42 bits per heavy atom. The molecule has 0 aliphatic heterocycles. The van der Waals surface area contributed by atoms with Crippen molar-refractivity contribution in [1.29, 1.82) is 0 Å². The third kappa shape index (κ3) is 2.95. The summed E-state index contributed by atoms with van der Waals surface area (Å²) in [6.07, 6.45) is 1.10. The minimum Gasteiger partial charge on any atom is -0.507 e. The number of nitrogens with zero attached hydrogens (tertiary/aromatic N) is 2. The van der Waals surface area contributed by atoms with Gasteiger partial charge in [-0.05, 0) is 25.1 Å². The van der Waals surface area contributed by atoms with E-state index in [4.69, 9.17) is 4.52 Å². The summed E-state index contributed by atoms with van der Waals surface area (Å²) in [7, 11) is -3.30. The van der Waals surface area contributed by atoms with Crippen molar-refractivity contribution >= 4 is 25.8 Å². The molecular weight excluding hydrogens is 336 g/mol. The number of aromatic hydroxyl groups is 1. The maximum Gasteiger partial charge on any atom is 0.261 e. The highest BCUT2D eigenvalue weighted by molar-refractivity contribution is 9.10. The van der Waals surface area contributed by atoms with Gasteiger partial charge < -0.3 is 9.63 Å². The normalized spacial score (nSPS) is 13.4. The highest BCUT2D eigenvalue weighted by Gasteiger charge is 2.24. The number of rotatable bonds is 3. The number of phenolic OH excluding ortho intramolecular Hbond substituents is 1. The molecule has 1 atom stereocenters. The summed E-state index contributed by atoms with van der Waals surface area (Å²) in [5, 5.41) is 12.6. The number of aromatic nitrogens is 2. The van der Waals surface area contributed by atoms with Crippen LogP contribution in [0.2, 0.25) is 0 Å². The molecule has 0 saturated heterocycles. The van der Waals surface area contributed by atoms with Crippen molar-refractivity contribution in [2.45, 2.75) is 12.2 Å². The van der Waals surface area contributed by atoms with E-state index in [2.05, 4.69) is 26.1 Å². The van der Waals surface area contributed by atoms with Gasteiger partial charge in [0.15, 0.2) is 15.7 Å². The number of phenols is 1. The molecule has 0 bridgehead atoms. The molecule has 0 aliphatic carbocycles. The molecule has 0 spiro atoms. The topological polar surface area (TPSA) is 93.3 Å². The lowest BCUT2D eigenvalue weighted by Crippen LogP contribution is -2.09. The largest absolute Gasteiger partial charge is 0.507 e. The zero-order valence-corrected chi connectivity index (χ0v) is 12.6. The van der Waals surface area contributed by atoms with Crippen LogP contribution in [0.3, 0.4) is 0 Å². The number of sulfone groups is 1. The van der Waals surface area contributed by atoms with Crippen LogP contribution >= 0.6 is 15.9 Å². The SMILES string of the molecule is CC(c1noc(-c2ccc(Br)cc2O)n1)S(C)(=O)=O. The third-order valence-electron chi connectivity index (χ3n) is 2.64. The predicted molar refractivity (Wildman–Crippen MR) is 72.4 cm³/mol. The number of benzene rings is 1. The van der Waals surface area contributed by atoms with Crippen LogP contribution in [-0.4, -0.2) is 29.9 Å². The van der Waals surface area contributed by atoms with Crippen molar-refractivity contribution in [1.82, 2.24) is 10.1 Å². The van der Waals surface area contributed by atoms with E-state index >= 15 is 0 Å². The second kappa shape index (κ2) is 4.93. The number of hydrogen-bond donors (Lipinski definition) is 1. The van der Waals surface area contributed by atoms with Crippen LogP contribution in [0.4, 0.5) is 0 Å². The Morgan fingerprint density at radius 2 is 2.11 bits per heavy atom. The molecule has 1 aromatic heterocycles. The first-order chi connectivity index (χ1) is 8.79. The van der Waals surface area contributed by atoms with Gasteiger partial charge in [-0.25, -0.2) is 8.42 Å². The summed E-state index contributed by atoms with van der Waals surface area (Å²) < 4.78 is 28.5. The summed E-state index contributed by atoms with van der Waals surface area (Å²) in [6.45, 7) is 1.48. The lowest BCUT2D eigenvalue weighted by molar-refractivity contribution is 0.416. The Kier molecular flexibility index (Phi) is 3.64. The molecule has 8 heteroatoms. The lowest BCUT2D eigenvalue weighted by Gasteiger charge is -2.02. The molecule has 0 saturated carbocycles. The maximum absolute atomic E-state index is 11.4. The first-order valence-corrected chi connectivity index (χ1v) is 8.05. The van der Waals surface area contributed by atoms with Gasteiger partial charge in [0.1, 0.15) is 11.0 Å². The second-order valence-corrected chi connectivity index (χ2v) is 7.37. The Bertz CT molecular complexity index is 711. The molecule has 1 aromatic carbocycles. The van der Waals surface area contributed by atoms with Crippen LogP contribution in [0.5, 0.6) is 5.75 Å². The van der Waals surface area contributed by atoms with Gasteiger partial charge in [-0.15, -0.1) is 0 Å². The molecule has 0 radical (unpaired) electrons. The van der Waals surface area contributed by atoms with Crippen LogP contribution in [0.25, 0.3) is 11.5 Å². The quantitative estimate of drug-likeness (QED) is 0.916. The van der Waals surface area contributed by atoms with E-state index in [1.54, 1.807) is 12.1 Å².